The third-order valence-electron chi connectivity index (χ3n) is 4.34. The van der Waals surface area contributed by atoms with Crippen molar-refractivity contribution in [3.63, 3.8) is 0 Å². The Bertz CT molecular complexity index is 1050. The van der Waals surface area contributed by atoms with Crippen molar-refractivity contribution < 1.29 is 9.59 Å². The second-order valence-electron chi connectivity index (χ2n) is 6.11. The lowest BCUT2D eigenvalue weighted by atomic mass is 9.98. The number of primary amides is 1. The molecule has 4 rings (SSSR count). The Morgan fingerprint density at radius 3 is 2.68 bits per heavy atom. The van der Waals surface area contributed by atoms with Crippen molar-refractivity contribution in [2.75, 3.05) is 5.32 Å². The van der Waals surface area contributed by atoms with Gasteiger partial charge in [0.15, 0.2) is 0 Å². The SMILES string of the molecule is NC(=O)c1cc2ccc(C3CC3)c(C(=O)Nc3ccsc3)c2[nH]c1=O. The quantitative estimate of drug-likeness (QED) is 0.671. The Hall–Kier alpha value is -2.93. The van der Waals surface area contributed by atoms with E-state index in [1.807, 2.05) is 29.0 Å². The Morgan fingerprint density at radius 1 is 1.24 bits per heavy atom. The minimum Gasteiger partial charge on any atom is -0.365 e. The van der Waals surface area contributed by atoms with Crippen LogP contribution in [0.2, 0.25) is 0 Å². The first-order chi connectivity index (χ1) is 12.0. The number of thiophene rings is 1. The predicted molar refractivity (Wildman–Crippen MR) is 97.3 cm³/mol. The Kier molecular flexibility index (Phi) is 3.65. The minimum absolute atomic E-state index is 0.115. The summed E-state index contributed by atoms with van der Waals surface area (Å²) in [6, 6.07) is 6.96. The fraction of sp³-hybridized carbons (Fsp3) is 0.167. The number of benzene rings is 1. The number of aromatic amines is 1. The summed E-state index contributed by atoms with van der Waals surface area (Å²) >= 11 is 1.49. The molecule has 25 heavy (non-hydrogen) atoms. The van der Waals surface area contributed by atoms with Gasteiger partial charge in [-0.1, -0.05) is 12.1 Å². The highest BCUT2D eigenvalue weighted by Crippen LogP contribution is 2.43. The summed E-state index contributed by atoms with van der Waals surface area (Å²) in [7, 11) is 0. The van der Waals surface area contributed by atoms with Gasteiger partial charge in [-0.25, -0.2) is 0 Å². The van der Waals surface area contributed by atoms with Crippen molar-refractivity contribution in [1.82, 2.24) is 4.98 Å². The van der Waals surface area contributed by atoms with Gasteiger partial charge in [0.05, 0.1) is 16.8 Å². The van der Waals surface area contributed by atoms with E-state index in [0.717, 1.165) is 18.4 Å². The summed E-state index contributed by atoms with van der Waals surface area (Å²) in [6.45, 7) is 0. The van der Waals surface area contributed by atoms with Crippen LogP contribution in [0.3, 0.4) is 0 Å². The van der Waals surface area contributed by atoms with E-state index in [2.05, 4.69) is 10.3 Å². The summed E-state index contributed by atoms with van der Waals surface area (Å²) in [5, 5.41) is 7.19. The average molecular weight is 353 g/mol. The molecule has 2 amide bonds. The normalized spacial score (nSPS) is 13.8. The van der Waals surface area contributed by atoms with Gasteiger partial charge in [-0.3, -0.25) is 14.4 Å². The molecule has 0 bridgehead atoms. The lowest BCUT2D eigenvalue weighted by molar-refractivity contribution is 0.0997. The zero-order valence-corrected chi connectivity index (χ0v) is 14.0. The molecule has 2 heterocycles. The number of nitrogens with two attached hydrogens (primary N) is 1. The molecule has 1 saturated carbocycles. The van der Waals surface area contributed by atoms with E-state index in [0.29, 0.717) is 28.1 Å². The molecule has 1 aromatic carbocycles. The highest BCUT2D eigenvalue weighted by Gasteiger charge is 2.30. The molecule has 1 aliphatic carbocycles. The number of carbonyl (C=O) groups excluding carboxylic acids is 2. The van der Waals surface area contributed by atoms with E-state index >= 15 is 0 Å². The summed E-state index contributed by atoms with van der Waals surface area (Å²) < 4.78 is 0. The molecule has 0 spiro atoms. The molecule has 0 saturated heterocycles. The van der Waals surface area contributed by atoms with Crippen molar-refractivity contribution >= 4 is 39.7 Å². The van der Waals surface area contributed by atoms with Gasteiger partial charge in [0.25, 0.3) is 17.4 Å². The monoisotopic (exact) mass is 353 g/mol. The van der Waals surface area contributed by atoms with Crippen LogP contribution >= 0.6 is 11.3 Å². The fourth-order valence-electron chi connectivity index (χ4n) is 2.98. The van der Waals surface area contributed by atoms with E-state index in [1.165, 1.54) is 17.4 Å². The largest absolute Gasteiger partial charge is 0.365 e. The zero-order valence-electron chi connectivity index (χ0n) is 13.2. The van der Waals surface area contributed by atoms with E-state index < -0.39 is 11.5 Å². The maximum Gasteiger partial charge on any atom is 0.261 e. The first-order valence-electron chi connectivity index (χ1n) is 7.88. The van der Waals surface area contributed by atoms with Gasteiger partial charge in [0.2, 0.25) is 0 Å². The van der Waals surface area contributed by atoms with Crippen LogP contribution in [0.15, 0.2) is 39.8 Å². The number of pyridine rings is 1. The van der Waals surface area contributed by atoms with Gasteiger partial charge in [-0.05, 0) is 47.2 Å². The second-order valence-corrected chi connectivity index (χ2v) is 6.89. The zero-order chi connectivity index (χ0) is 17.6. The molecule has 3 aromatic rings. The van der Waals surface area contributed by atoms with Gasteiger partial charge in [0, 0.05) is 5.38 Å². The molecule has 0 unspecified atom stereocenters. The number of hydrogen-bond acceptors (Lipinski definition) is 4. The molecular weight excluding hydrogens is 338 g/mol. The number of amides is 2. The van der Waals surface area contributed by atoms with Gasteiger partial charge < -0.3 is 16.0 Å². The Balaban J connectivity index is 1.91. The van der Waals surface area contributed by atoms with Crippen LogP contribution in [0.5, 0.6) is 0 Å². The highest BCUT2D eigenvalue weighted by atomic mass is 32.1. The van der Waals surface area contributed by atoms with Crippen LogP contribution in [0.1, 0.15) is 45.0 Å². The van der Waals surface area contributed by atoms with Crippen molar-refractivity contribution in [3.8, 4) is 0 Å². The molecule has 7 heteroatoms. The Labute approximate surface area is 146 Å². The molecular formula is C18H15N3O3S. The van der Waals surface area contributed by atoms with Crippen molar-refractivity contribution in [2.24, 2.45) is 5.73 Å². The minimum atomic E-state index is -0.793. The van der Waals surface area contributed by atoms with Crippen molar-refractivity contribution in [1.29, 1.82) is 0 Å². The molecule has 2 aromatic heterocycles. The summed E-state index contributed by atoms with van der Waals surface area (Å²) in [4.78, 5) is 39.1. The van der Waals surface area contributed by atoms with Gasteiger partial charge in [0.1, 0.15) is 5.56 Å². The van der Waals surface area contributed by atoms with E-state index in [-0.39, 0.29) is 11.5 Å². The van der Waals surface area contributed by atoms with Crippen LogP contribution < -0.4 is 16.6 Å². The van der Waals surface area contributed by atoms with Gasteiger partial charge in [-0.15, -0.1) is 0 Å². The standard InChI is InChI=1S/C18H15N3O3S/c19-16(22)13-7-10-3-4-12(9-1-2-9)14(15(10)21-17(13)23)18(24)20-11-5-6-25-8-11/h3-9H,1-2H2,(H2,19,22)(H,20,24)(H,21,23). The van der Waals surface area contributed by atoms with E-state index in [9.17, 15) is 14.4 Å². The van der Waals surface area contributed by atoms with E-state index in [1.54, 1.807) is 0 Å². The maximum absolute atomic E-state index is 12.9. The topological polar surface area (TPSA) is 105 Å². The fourth-order valence-corrected chi connectivity index (χ4v) is 3.57. The van der Waals surface area contributed by atoms with Crippen LogP contribution in [0.4, 0.5) is 5.69 Å². The molecule has 0 aliphatic heterocycles. The molecule has 6 nitrogen and oxygen atoms in total. The van der Waals surface area contributed by atoms with Crippen molar-refractivity contribution in [3.05, 3.63) is 62.1 Å². The highest BCUT2D eigenvalue weighted by molar-refractivity contribution is 7.08. The molecule has 1 fully saturated rings. The van der Waals surface area contributed by atoms with Crippen LogP contribution in [-0.4, -0.2) is 16.8 Å². The third kappa shape index (κ3) is 2.83. The Morgan fingerprint density at radius 2 is 2.04 bits per heavy atom. The predicted octanol–water partition coefficient (Wildman–Crippen LogP) is 2.82. The third-order valence-corrected chi connectivity index (χ3v) is 5.02. The molecule has 0 atom stereocenters. The average Bonchev–Trinajstić information content (AvgIpc) is 3.30. The number of fused-ring (bicyclic) bond motifs is 1. The smallest absolute Gasteiger partial charge is 0.261 e. The van der Waals surface area contributed by atoms with Crippen LogP contribution in [-0.2, 0) is 0 Å². The van der Waals surface area contributed by atoms with Crippen molar-refractivity contribution in [2.45, 2.75) is 18.8 Å². The summed E-state index contributed by atoms with van der Waals surface area (Å²) in [6.07, 6.45) is 2.04. The van der Waals surface area contributed by atoms with Crippen LogP contribution in [0, 0.1) is 0 Å². The van der Waals surface area contributed by atoms with Gasteiger partial charge >= 0.3 is 0 Å². The lowest BCUT2D eigenvalue weighted by Gasteiger charge is -2.13. The summed E-state index contributed by atoms with van der Waals surface area (Å²) in [5.74, 6) is -0.737. The lowest BCUT2D eigenvalue weighted by Crippen LogP contribution is -2.24. The summed E-state index contributed by atoms with van der Waals surface area (Å²) in [5.41, 5.74) is 7.07. The number of rotatable bonds is 4. The first-order valence-corrected chi connectivity index (χ1v) is 8.82. The number of aromatic nitrogens is 1. The second kappa shape index (κ2) is 5.86. The number of hydrogen-bond donors (Lipinski definition) is 3. The first kappa shape index (κ1) is 15.6. The molecule has 4 N–H and O–H groups in total. The number of carbonyl (C=O) groups is 2. The number of H-pyrrole nitrogens is 1. The molecule has 0 radical (unpaired) electrons. The number of anilines is 1. The molecule has 1 aliphatic rings. The van der Waals surface area contributed by atoms with E-state index in [4.69, 9.17) is 5.73 Å². The van der Waals surface area contributed by atoms with Crippen LogP contribution in [0.25, 0.3) is 10.9 Å². The van der Waals surface area contributed by atoms with Gasteiger partial charge in [-0.2, -0.15) is 11.3 Å². The maximum atomic E-state index is 12.9. The number of nitrogens with one attached hydrogen (secondary N) is 2. The molecule has 126 valence electrons.